The molecule has 0 saturated carbocycles. The fourth-order valence-electron chi connectivity index (χ4n) is 5.10. The number of anilines is 1. The van der Waals surface area contributed by atoms with Gasteiger partial charge in [-0.3, -0.25) is 4.68 Å². The number of hydrogen-bond donors (Lipinski definition) is 2. The van der Waals surface area contributed by atoms with Crippen LogP contribution in [-0.4, -0.2) is 92.6 Å². The van der Waals surface area contributed by atoms with Crippen molar-refractivity contribution in [3.05, 3.63) is 30.0 Å². The van der Waals surface area contributed by atoms with Gasteiger partial charge in [0.2, 0.25) is 21.7 Å². The molecule has 2 N–H and O–H groups in total. The molecule has 2 aliphatic heterocycles. The normalized spacial score (nSPS) is 18.4. The van der Waals surface area contributed by atoms with E-state index in [2.05, 4.69) is 30.1 Å². The molecule has 4 heterocycles. The summed E-state index contributed by atoms with van der Waals surface area (Å²) in [6, 6.07) is 0.0464. The van der Waals surface area contributed by atoms with Gasteiger partial charge in [0, 0.05) is 37.1 Å². The maximum atomic E-state index is 12.9. The van der Waals surface area contributed by atoms with Crippen molar-refractivity contribution in [2.45, 2.75) is 77.0 Å². The van der Waals surface area contributed by atoms with Crippen molar-refractivity contribution < 1.29 is 13.5 Å². The van der Waals surface area contributed by atoms with Crippen molar-refractivity contribution in [3.63, 3.8) is 0 Å². The summed E-state index contributed by atoms with van der Waals surface area (Å²) in [7, 11) is -3.25. The van der Waals surface area contributed by atoms with E-state index in [4.69, 9.17) is 6.57 Å². The lowest BCUT2D eigenvalue weighted by atomic mass is 10.1. The number of piperidine rings is 2. The molecule has 2 fully saturated rings. The second-order valence-corrected chi connectivity index (χ2v) is 13.1. The van der Waals surface area contributed by atoms with Crippen LogP contribution in [0, 0.1) is 6.57 Å². The third-order valence-corrected chi connectivity index (χ3v) is 9.06. The first-order valence-corrected chi connectivity index (χ1v) is 15.2. The molecule has 2 aliphatic rings. The maximum Gasteiger partial charge on any atom is 0.231 e. The van der Waals surface area contributed by atoms with E-state index in [1.807, 2.05) is 0 Å². The molecular weight excluding hydrogens is 504 g/mol. The minimum atomic E-state index is -3.25. The van der Waals surface area contributed by atoms with Gasteiger partial charge in [-0.05, 0) is 72.0 Å². The van der Waals surface area contributed by atoms with Gasteiger partial charge in [-0.1, -0.05) is 6.42 Å². The molecule has 38 heavy (non-hydrogen) atoms. The SMILES string of the molecule is [C-]#[N+]c1cnc(NC2CCN(S(=O)(=O)CCCCN3CCCCC3)CC2)nc1-c1cnn(CC(C)(C)O)c1. The zero-order valence-corrected chi connectivity index (χ0v) is 23.3. The monoisotopic (exact) mass is 544 g/mol. The average Bonchev–Trinajstić information content (AvgIpc) is 3.34. The van der Waals surface area contributed by atoms with Crippen LogP contribution in [-0.2, 0) is 16.6 Å². The summed E-state index contributed by atoms with van der Waals surface area (Å²) in [4.78, 5) is 14.9. The van der Waals surface area contributed by atoms with Gasteiger partial charge in [0.05, 0.1) is 36.4 Å². The molecule has 11 nitrogen and oxygen atoms in total. The standard InChI is InChI=1S/C26H40N8O3S/c1-26(2,35)20-33-19-21(17-29-33)24-23(27-3)18-28-25(31-24)30-22-9-14-34(15-10-22)38(36,37)16-8-7-13-32-11-5-4-6-12-32/h17-19,22,35H,4-16,20H2,1-2H3,(H,28,30,31). The molecule has 12 heteroatoms. The first-order chi connectivity index (χ1) is 18.1. The lowest BCUT2D eigenvalue weighted by Gasteiger charge is -2.32. The van der Waals surface area contributed by atoms with Gasteiger partial charge in [0.25, 0.3) is 0 Å². The average molecular weight is 545 g/mol. The molecule has 0 radical (unpaired) electrons. The molecule has 2 aromatic rings. The van der Waals surface area contributed by atoms with E-state index in [9.17, 15) is 13.5 Å². The van der Waals surface area contributed by atoms with Gasteiger partial charge in [0.1, 0.15) is 0 Å². The lowest BCUT2D eigenvalue weighted by Crippen LogP contribution is -2.43. The number of hydrogen-bond acceptors (Lipinski definition) is 8. The highest BCUT2D eigenvalue weighted by molar-refractivity contribution is 7.89. The first-order valence-electron chi connectivity index (χ1n) is 13.6. The van der Waals surface area contributed by atoms with Crippen molar-refractivity contribution in [1.29, 1.82) is 0 Å². The molecule has 0 unspecified atom stereocenters. The fourth-order valence-corrected chi connectivity index (χ4v) is 6.70. The molecule has 208 valence electrons. The number of sulfonamides is 1. The molecule has 0 spiro atoms. The second kappa shape index (κ2) is 12.5. The van der Waals surface area contributed by atoms with Crippen LogP contribution >= 0.6 is 0 Å². The van der Waals surface area contributed by atoms with Gasteiger partial charge in [0.15, 0.2) is 0 Å². The summed E-state index contributed by atoms with van der Waals surface area (Å²) < 4.78 is 29.0. The Morgan fingerprint density at radius 3 is 2.55 bits per heavy atom. The maximum absolute atomic E-state index is 12.9. The zero-order chi connectivity index (χ0) is 27.2. The Labute approximate surface area is 226 Å². The Morgan fingerprint density at radius 2 is 1.87 bits per heavy atom. The summed E-state index contributed by atoms with van der Waals surface area (Å²) in [5, 5.41) is 17.7. The third-order valence-electron chi connectivity index (χ3n) is 7.10. The molecule has 0 bridgehead atoms. The van der Waals surface area contributed by atoms with E-state index >= 15 is 0 Å². The Morgan fingerprint density at radius 1 is 1.13 bits per heavy atom. The first kappa shape index (κ1) is 28.4. The smallest absolute Gasteiger partial charge is 0.231 e. The Bertz CT molecular complexity index is 1200. The van der Waals surface area contributed by atoms with Crippen LogP contribution in [0.4, 0.5) is 11.6 Å². The highest BCUT2D eigenvalue weighted by atomic mass is 32.2. The minimum Gasteiger partial charge on any atom is -0.389 e. The van der Waals surface area contributed by atoms with Crippen LogP contribution in [0.5, 0.6) is 0 Å². The van der Waals surface area contributed by atoms with Crippen LogP contribution in [0.25, 0.3) is 16.1 Å². The number of unbranched alkanes of at least 4 members (excludes halogenated alkanes) is 1. The molecule has 4 rings (SSSR count). The molecule has 0 amide bonds. The van der Waals surface area contributed by atoms with Gasteiger partial charge >= 0.3 is 0 Å². The summed E-state index contributed by atoms with van der Waals surface area (Å²) >= 11 is 0. The molecular formula is C26H40N8O3S. The van der Waals surface area contributed by atoms with Crippen LogP contribution in [0.15, 0.2) is 18.6 Å². The van der Waals surface area contributed by atoms with Crippen LogP contribution in [0.3, 0.4) is 0 Å². The van der Waals surface area contributed by atoms with Crippen molar-refractivity contribution in [2.24, 2.45) is 0 Å². The third kappa shape index (κ3) is 7.96. The molecule has 2 aromatic heterocycles. The quantitative estimate of drug-likeness (QED) is 0.327. The Balaban J connectivity index is 1.29. The van der Waals surface area contributed by atoms with Crippen LogP contribution < -0.4 is 5.32 Å². The number of likely N-dealkylation sites (tertiary alicyclic amines) is 1. The van der Waals surface area contributed by atoms with Gasteiger partial charge in [-0.15, -0.1) is 0 Å². The molecule has 0 atom stereocenters. The number of aliphatic hydroxyl groups is 1. The van der Waals surface area contributed by atoms with E-state index in [0.29, 0.717) is 61.8 Å². The summed E-state index contributed by atoms with van der Waals surface area (Å²) in [6.45, 7) is 15.5. The van der Waals surface area contributed by atoms with Crippen molar-refractivity contribution in [1.82, 2.24) is 29.0 Å². The van der Waals surface area contributed by atoms with E-state index in [-0.39, 0.29) is 11.8 Å². The van der Waals surface area contributed by atoms with Crippen molar-refractivity contribution in [2.75, 3.05) is 43.8 Å². The summed E-state index contributed by atoms with van der Waals surface area (Å²) in [5.74, 6) is 0.617. The lowest BCUT2D eigenvalue weighted by molar-refractivity contribution is 0.0577. The number of rotatable bonds is 11. The highest BCUT2D eigenvalue weighted by Crippen LogP contribution is 2.29. The molecule has 2 saturated heterocycles. The topological polar surface area (TPSA) is 121 Å². The van der Waals surface area contributed by atoms with Gasteiger partial charge < -0.3 is 15.3 Å². The number of nitrogens with one attached hydrogen (secondary N) is 1. The second-order valence-electron chi connectivity index (χ2n) is 11.0. The molecule has 0 aromatic carbocycles. The zero-order valence-electron chi connectivity index (χ0n) is 22.5. The van der Waals surface area contributed by atoms with Crippen molar-refractivity contribution >= 4 is 21.7 Å². The summed E-state index contributed by atoms with van der Waals surface area (Å²) in [5.41, 5.74) is 0.551. The Hall–Kier alpha value is -2.59. The van der Waals surface area contributed by atoms with Crippen LogP contribution in [0.2, 0.25) is 0 Å². The predicted octanol–water partition coefficient (Wildman–Crippen LogP) is 3.13. The van der Waals surface area contributed by atoms with E-state index in [0.717, 1.165) is 26.1 Å². The largest absolute Gasteiger partial charge is 0.389 e. The van der Waals surface area contributed by atoms with Crippen molar-refractivity contribution in [3.8, 4) is 11.3 Å². The summed E-state index contributed by atoms with van der Waals surface area (Å²) in [6.07, 6.45) is 11.7. The molecule has 0 aliphatic carbocycles. The highest BCUT2D eigenvalue weighted by Gasteiger charge is 2.28. The number of aromatic nitrogens is 4. The van der Waals surface area contributed by atoms with E-state index < -0.39 is 15.6 Å². The van der Waals surface area contributed by atoms with E-state index in [1.54, 1.807) is 35.2 Å². The predicted molar refractivity (Wildman–Crippen MR) is 147 cm³/mol. The van der Waals surface area contributed by atoms with E-state index in [1.165, 1.54) is 25.5 Å². The fraction of sp³-hybridized carbons (Fsp3) is 0.692. The van der Waals surface area contributed by atoms with Gasteiger partial charge in [-0.2, -0.15) is 5.10 Å². The Kier molecular flexibility index (Phi) is 9.36. The minimum absolute atomic E-state index is 0.0464. The van der Waals surface area contributed by atoms with Crippen LogP contribution in [0.1, 0.15) is 58.8 Å². The number of nitrogens with zero attached hydrogens (tertiary/aromatic N) is 7. The van der Waals surface area contributed by atoms with Gasteiger partial charge in [-0.25, -0.2) is 27.5 Å².